The fourth-order valence-electron chi connectivity index (χ4n) is 1.78. The molecule has 0 aliphatic rings. The third-order valence-corrected chi connectivity index (χ3v) is 4.26. The van der Waals surface area contributed by atoms with E-state index in [9.17, 15) is 9.90 Å². The topological polar surface area (TPSA) is 64.4 Å². The number of aromatic nitrogens is 2. The number of imidazole rings is 1. The molecular weight excluding hydrogens is 276 g/mol. The maximum Gasteiger partial charge on any atom is 0.349 e. The monoisotopic (exact) mass is 294 g/mol. The number of carbonyl (C=O) groups is 1. The summed E-state index contributed by atoms with van der Waals surface area (Å²) >= 11 is 1.29. The zero-order valence-corrected chi connectivity index (χ0v) is 12.4. The van der Waals surface area contributed by atoms with Crippen LogP contribution in [0.1, 0.15) is 40.7 Å². The number of carboxylic acids is 1. The molecule has 0 spiro atoms. The first-order chi connectivity index (χ1) is 9.58. The minimum absolute atomic E-state index is 0.288. The van der Waals surface area contributed by atoms with Crippen molar-refractivity contribution in [2.45, 2.75) is 32.7 Å². The Balaban J connectivity index is 1.92. The van der Waals surface area contributed by atoms with Gasteiger partial charge in [-0.3, -0.25) is 0 Å². The molecule has 0 fully saturated rings. The highest BCUT2D eigenvalue weighted by molar-refractivity contribution is 7.14. The van der Waals surface area contributed by atoms with Crippen molar-refractivity contribution < 1.29 is 14.6 Å². The largest absolute Gasteiger partial charge is 0.492 e. The van der Waals surface area contributed by atoms with E-state index in [1.54, 1.807) is 12.5 Å². The van der Waals surface area contributed by atoms with Crippen LogP contribution in [0.25, 0.3) is 0 Å². The van der Waals surface area contributed by atoms with Crippen LogP contribution in [-0.2, 0) is 6.54 Å². The molecule has 0 saturated heterocycles. The lowest BCUT2D eigenvalue weighted by Gasteiger charge is -2.05. The third kappa shape index (κ3) is 3.60. The minimum Gasteiger partial charge on any atom is -0.492 e. The molecule has 5 nitrogen and oxygen atoms in total. The van der Waals surface area contributed by atoms with Gasteiger partial charge in [0.25, 0.3) is 0 Å². The molecule has 6 heteroatoms. The number of aromatic carboxylic acids is 1. The molecule has 0 aromatic carbocycles. The molecule has 20 heavy (non-hydrogen) atoms. The second kappa shape index (κ2) is 6.56. The average Bonchev–Trinajstić information content (AvgIpc) is 3.04. The standard InChI is InChI=1S/C14H18N2O3S/c1-10(2)12-8-11(13(20-12)14(17)18)19-7-3-5-16-6-4-15-9-16/h4,6,8-10H,3,5,7H2,1-2H3,(H,17,18). The zero-order chi connectivity index (χ0) is 14.5. The molecule has 0 unspecified atom stereocenters. The Morgan fingerprint density at radius 3 is 2.95 bits per heavy atom. The Bertz CT molecular complexity index is 561. The molecule has 2 rings (SSSR count). The molecule has 1 N–H and O–H groups in total. The van der Waals surface area contributed by atoms with Crippen molar-refractivity contribution in [2.24, 2.45) is 0 Å². The summed E-state index contributed by atoms with van der Waals surface area (Å²) in [5, 5.41) is 9.19. The summed E-state index contributed by atoms with van der Waals surface area (Å²) in [7, 11) is 0. The maximum atomic E-state index is 11.2. The summed E-state index contributed by atoms with van der Waals surface area (Å²) < 4.78 is 7.59. The summed E-state index contributed by atoms with van der Waals surface area (Å²) in [5.74, 6) is -0.135. The fraction of sp³-hybridized carbons (Fsp3) is 0.429. The van der Waals surface area contributed by atoms with Crippen LogP contribution < -0.4 is 4.74 Å². The number of nitrogens with zero attached hydrogens (tertiary/aromatic N) is 2. The van der Waals surface area contributed by atoms with Crippen LogP contribution >= 0.6 is 11.3 Å². The quantitative estimate of drug-likeness (QED) is 0.796. The first-order valence-electron chi connectivity index (χ1n) is 6.53. The van der Waals surface area contributed by atoms with Crippen molar-refractivity contribution >= 4 is 17.3 Å². The second-order valence-corrected chi connectivity index (χ2v) is 5.89. The van der Waals surface area contributed by atoms with Crippen LogP contribution in [0.2, 0.25) is 0 Å². The number of carboxylic acid groups (broad SMARTS) is 1. The van der Waals surface area contributed by atoms with Crippen LogP contribution in [0.3, 0.4) is 0 Å². The van der Waals surface area contributed by atoms with E-state index in [2.05, 4.69) is 4.98 Å². The smallest absolute Gasteiger partial charge is 0.349 e. The molecule has 2 heterocycles. The van der Waals surface area contributed by atoms with Gasteiger partial charge < -0.3 is 14.4 Å². The van der Waals surface area contributed by atoms with Crippen LogP contribution in [0.5, 0.6) is 5.75 Å². The SMILES string of the molecule is CC(C)c1cc(OCCCn2ccnc2)c(C(=O)O)s1. The van der Waals surface area contributed by atoms with Crippen LogP contribution in [0.4, 0.5) is 0 Å². The Labute approximate surface area is 121 Å². The second-order valence-electron chi connectivity index (χ2n) is 4.80. The van der Waals surface area contributed by atoms with E-state index in [-0.39, 0.29) is 4.88 Å². The van der Waals surface area contributed by atoms with Gasteiger partial charge in [0, 0.05) is 23.8 Å². The minimum atomic E-state index is -0.925. The lowest BCUT2D eigenvalue weighted by molar-refractivity contribution is 0.0698. The molecule has 0 radical (unpaired) electrons. The van der Waals surface area contributed by atoms with Crippen molar-refractivity contribution in [3.63, 3.8) is 0 Å². The number of thiophene rings is 1. The predicted molar refractivity (Wildman–Crippen MR) is 77.7 cm³/mol. The predicted octanol–water partition coefficient (Wildman–Crippen LogP) is 3.24. The van der Waals surface area contributed by atoms with Crippen molar-refractivity contribution in [3.05, 3.63) is 34.5 Å². The summed E-state index contributed by atoms with van der Waals surface area (Å²) in [6.45, 7) is 5.39. The van der Waals surface area contributed by atoms with E-state index < -0.39 is 5.97 Å². The lowest BCUT2D eigenvalue weighted by atomic mass is 10.2. The Kier molecular flexibility index (Phi) is 4.79. The van der Waals surface area contributed by atoms with Gasteiger partial charge in [-0.25, -0.2) is 9.78 Å². The van der Waals surface area contributed by atoms with E-state index >= 15 is 0 Å². The van der Waals surface area contributed by atoms with Crippen molar-refractivity contribution in [2.75, 3.05) is 6.61 Å². The van der Waals surface area contributed by atoms with Gasteiger partial charge in [-0.05, 0) is 18.4 Å². The highest BCUT2D eigenvalue weighted by Gasteiger charge is 2.18. The van der Waals surface area contributed by atoms with E-state index in [0.29, 0.717) is 18.3 Å². The number of hydrogen-bond acceptors (Lipinski definition) is 4. The molecule has 2 aromatic heterocycles. The highest BCUT2D eigenvalue weighted by Crippen LogP contribution is 2.33. The van der Waals surface area contributed by atoms with Gasteiger partial charge >= 0.3 is 5.97 Å². The summed E-state index contributed by atoms with van der Waals surface area (Å²) in [6.07, 6.45) is 6.19. The van der Waals surface area contributed by atoms with Gasteiger partial charge in [0.1, 0.15) is 5.75 Å². The molecule has 0 aliphatic carbocycles. The summed E-state index contributed by atoms with van der Waals surface area (Å²) in [6, 6.07) is 1.84. The molecule has 0 saturated carbocycles. The number of aryl methyl sites for hydroxylation is 1. The van der Waals surface area contributed by atoms with Crippen LogP contribution in [-0.4, -0.2) is 27.2 Å². The highest BCUT2D eigenvalue weighted by atomic mass is 32.1. The normalized spacial score (nSPS) is 10.9. The number of rotatable bonds is 7. The molecule has 0 aliphatic heterocycles. The maximum absolute atomic E-state index is 11.2. The van der Waals surface area contributed by atoms with Crippen LogP contribution in [0, 0.1) is 0 Å². The molecule has 0 amide bonds. The third-order valence-electron chi connectivity index (χ3n) is 2.86. The molecule has 2 aromatic rings. The van der Waals surface area contributed by atoms with E-state index in [4.69, 9.17) is 4.74 Å². The number of ether oxygens (including phenoxy) is 1. The summed E-state index contributed by atoms with van der Waals surface area (Å²) in [4.78, 5) is 16.5. The van der Waals surface area contributed by atoms with E-state index in [1.807, 2.05) is 30.7 Å². The average molecular weight is 294 g/mol. The van der Waals surface area contributed by atoms with Gasteiger partial charge in [-0.1, -0.05) is 13.8 Å². The van der Waals surface area contributed by atoms with Gasteiger partial charge in [-0.2, -0.15) is 0 Å². The summed E-state index contributed by atoms with van der Waals surface area (Å²) in [5.41, 5.74) is 0. The van der Waals surface area contributed by atoms with Gasteiger partial charge in [0.05, 0.1) is 12.9 Å². The van der Waals surface area contributed by atoms with Crippen molar-refractivity contribution in [1.29, 1.82) is 0 Å². The Morgan fingerprint density at radius 2 is 2.35 bits per heavy atom. The fourth-order valence-corrected chi connectivity index (χ4v) is 2.72. The number of hydrogen-bond donors (Lipinski definition) is 1. The molecular formula is C14H18N2O3S. The van der Waals surface area contributed by atoms with Gasteiger partial charge in [0.2, 0.25) is 0 Å². The molecule has 108 valence electrons. The Hall–Kier alpha value is -1.82. The zero-order valence-electron chi connectivity index (χ0n) is 11.6. The van der Waals surface area contributed by atoms with Crippen molar-refractivity contribution in [1.82, 2.24) is 9.55 Å². The van der Waals surface area contributed by atoms with Crippen molar-refractivity contribution in [3.8, 4) is 5.75 Å². The first kappa shape index (κ1) is 14.6. The molecule has 0 bridgehead atoms. The Morgan fingerprint density at radius 1 is 1.55 bits per heavy atom. The van der Waals surface area contributed by atoms with Gasteiger partial charge in [0.15, 0.2) is 4.88 Å². The van der Waals surface area contributed by atoms with E-state index in [0.717, 1.165) is 17.8 Å². The van der Waals surface area contributed by atoms with E-state index in [1.165, 1.54) is 11.3 Å². The lowest BCUT2D eigenvalue weighted by Crippen LogP contribution is -2.04. The molecule has 0 atom stereocenters. The van der Waals surface area contributed by atoms with Gasteiger partial charge in [-0.15, -0.1) is 11.3 Å². The first-order valence-corrected chi connectivity index (χ1v) is 7.35. The van der Waals surface area contributed by atoms with Crippen LogP contribution in [0.15, 0.2) is 24.8 Å².